The minimum absolute atomic E-state index is 0.246. The lowest BCUT2D eigenvalue weighted by Crippen LogP contribution is -2.17. The first kappa shape index (κ1) is 11.6. The van der Waals surface area contributed by atoms with Gasteiger partial charge in [-0.05, 0) is 30.5 Å². The fourth-order valence-electron chi connectivity index (χ4n) is 2.20. The van der Waals surface area contributed by atoms with Crippen LogP contribution in [0.1, 0.15) is 37.2 Å². The highest BCUT2D eigenvalue weighted by atomic mass is 35.5. The number of benzene rings is 1. The van der Waals surface area contributed by atoms with Crippen LogP contribution in [0, 0.1) is 0 Å². The van der Waals surface area contributed by atoms with Crippen molar-refractivity contribution in [2.24, 2.45) is 0 Å². The minimum Gasteiger partial charge on any atom is -0.122 e. The average Bonchev–Trinajstić information content (AvgIpc) is 2.23. The summed E-state index contributed by atoms with van der Waals surface area (Å²) >= 11 is 18.2. The van der Waals surface area contributed by atoms with Gasteiger partial charge in [0, 0.05) is 11.3 Å². The van der Waals surface area contributed by atoms with Gasteiger partial charge in [-0.2, -0.15) is 0 Å². The van der Waals surface area contributed by atoms with Crippen LogP contribution in [0.15, 0.2) is 18.2 Å². The zero-order valence-corrected chi connectivity index (χ0v) is 10.6. The van der Waals surface area contributed by atoms with Crippen molar-refractivity contribution < 1.29 is 0 Å². The van der Waals surface area contributed by atoms with Gasteiger partial charge in [-0.15, -0.1) is 11.6 Å². The molecule has 15 heavy (non-hydrogen) atoms. The first-order valence-electron chi connectivity index (χ1n) is 5.27. The Bertz CT molecular complexity index is 349. The molecule has 0 spiro atoms. The average molecular weight is 264 g/mol. The third-order valence-corrected chi connectivity index (χ3v) is 4.31. The van der Waals surface area contributed by atoms with E-state index in [4.69, 9.17) is 34.8 Å². The molecule has 0 saturated heterocycles. The molecule has 0 amide bonds. The van der Waals surface area contributed by atoms with Gasteiger partial charge in [-0.3, -0.25) is 0 Å². The second-order valence-corrected chi connectivity index (χ2v) is 5.46. The second-order valence-electron chi connectivity index (χ2n) is 4.08. The Kier molecular flexibility index (Phi) is 3.82. The van der Waals surface area contributed by atoms with E-state index in [1.54, 1.807) is 0 Å². The predicted octanol–water partition coefficient (Wildman–Crippen LogP) is 5.26. The van der Waals surface area contributed by atoms with Gasteiger partial charge in [0.1, 0.15) is 0 Å². The maximum Gasteiger partial charge on any atom is 0.0595 e. The van der Waals surface area contributed by atoms with Crippen molar-refractivity contribution in [1.82, 2.24) is 0 Å². The topological polar surface area (TPSA) is 0 Å². The van der Waals surface area contributed by atoms with E-state index in [-0.39, 0.29) is 5.38 Å². The molecule has 2 unspecified atom stereocenters. The van der Waals surface area contributed by atoms with Gasteiger partial charge >= 0.3 is 0 Å². The Morgan fingerprint density at radius 1 is 1.00 bits per heavy atom. The largest absolute Gasteiger partial charge is 0.122 e. The van der Waals surface area contributed by atoms with E-state index >= 15 is 0 Å². The summed E-state index contributed by atoms with van der Waals surface area (Å²) in [4.78, 5) is 0. The predicted molar refractivity (Wildman–Crippen MR) is 67.3 cm³/mol. The standard InChI is InChI=1S/C12H13Cl3/c13-10-4-2-1-3-9(10)8-5-6-11(14)12(15)7-8/h5-7,9-10H,1-4H2. The summed E-state index contributed by atoms with van der Waals surface area (Å²) < 4.78 is 0. The SMILES string of the molecule is Clc1ccc(C2CCCCC2Cl)cc1Cl. The smallest absolute Gasteiger partial charge is 0.0595 e. The van der Waals surface area contributed by atoms with Crippen LogP contribution >= 0.6 is 34.8 Å². The van der Waals surface area contributed by atoms with Gasteiger partial charge in [0.25, 0.3) is 0 Å². The van der Waals surface area contributed by atoms with E-state index in [1.165, 1.54) is 18.4 Å². The van der Waals surface area contributed by atoms with Crippen molar-refractivity contribution in [3.05, 3.63) is 33.8 Å². The van der Waals surface area contributed by atoms with E-state index in [0.717, 1.165) is 12.8 Å². The molecule has 1 aliphatic carbocycles. The Balaban J connectivity index is 2.24. The molecule has 82 valence electrons. The van der Waals surface area contributed by atoms with E-state index in [0.29, 0.717) is 16.0 Å². The molecule has 0 bridgehead atoms. The molecule has 0 N–H and O–H groups in total. The summed E-state index contributed by atoms with van der Waals surface area (Å²) in [5.41, 5.74) is 1.23. The van der Waals surface area contributed by atoms with E-state index in [2.05, 4.69) is 0 Å². The zero-order chi connectivity index (χ0) is 10.8. The van der Waals surface area contributed by atoms with Crippen LogP contribution < -0.4 is 0 Å². The van der Waals surface area contributed by atoms with Crippen LogP contribution in [0.5, 0.6) is 0 Å². The summed E-state index contributed by atoms with van der Waals surface area (Å²) in [5, 5.41) is 1.49. The summed E-state index contributed by atoms with van der Waals surface area (Å²) in [7, 11) is 0. The molecule has 2 atom stereocenters. The fourth-order valence-corrected chi connectivity index (χ4v) is 2.94. The quantitative estimate of drug-likeness (QED) is 0.606. The first-order chi connectivity index (χ1) is 7.18. The van der Waals surface area contributed by atoms with Crippen LogP contribution in [-0.2, 0) is 0 Å². The third kappa shape index (κ3) is 2.61. The Hall–Kier alpha value is 0.0900. The summed E-state index contributed by atoms with van der Waals surface area (Å²) in [6.07, 6.45) is 4.76. The van der Waals surface area contributed by atoms with Gasteiger partial charge in [0.2, 0.25) is 0 Å². The van der Waals surface area contributed by atoms with Crippen molar-refractivity contribution in [1.29, 1.82) is 0 Å². The van der Waals surface area contributed by atoms with Gasteiger partial charge in [-0.1, -0.05) is 42.1 Å². The van der Waals surface area contributed by atoms with Gasteiger partial charge < -0.3 is 0 Å². The highest BCUT2D eigenvalue weighted by Crippen LogP contribution is 2.38. The highest BCUT2D eigenvalue weighted by Gasteiger charge is 2.24. The monoisotopic (exact) mass is 262 g/mol. The number of rotatable bonds is 1. The molecule has 2 rings (SSSR count). The molecular weight excluding hydrogens is 250 g/mol. The summed E-state index contributed by atoms with van der Waals surface area (Å²) in [6, 6.07) is 5.85. The van der Waals surface area contributed by atoms with Crippen molar-refractivity contribution >= 4 is 34.8 Å². The Labute approximate surface area is 106 Å². The molecular formula is C12H13Cl3. The maximum absolute atomic E-state index is 6.33. The van der Waals surface area contributed by atoms with Crippen molar-refractivity contribution in [2.45, 2.75) is 37.0 Å². The van der Waals surface area contributed by atoms with E-state index in [9.17, 15) is 0 Å². The summed E-state index contributed by atoms with van der Waals surface area (Å²) in [5.74, 6) is 0.440. The molecule has 3 heteroatoms. The second kappa shape index (κ2) is 4.95. The fraction of sp³-hybridized carbons (Fsp3) is 0.500. The Morgan fingerprint density at radius 2 is 1.73 bits per heavy atom. The Morgan fingerprint density at radius 3 is 2.40 bits per heavy atom. The van der Waals surface area contributed by atoms with Crippen molar-refractivity contribution in [2.75, 3.05) is 0 Å². The molecule has 1 saturated carbocycles. The van der Waals surface area contributed by atoms with Crippen molar-refractivity contribution in [3.8, 4) is 0 Å². The maximum atomic E-state index is 6.33. The highest BCUT2D eigenvalue weighted by molar-refractivity contribution is 6.42. The molecule has 0 aliphatic heterocycles. The van der Waals surface area contributed by atoms with Crippen molar-refractivity contribution in [3.63, 3.8) is 0 Å². The van der Waals surface area contributed by atoms with E-state index < -0.39 is 0 Å². The lowest BCUT2D eigenvalue weighted by Gasteiger charge is -2.27. The van der Waals surface area contributed by atoms with Gasteiger partial charge in [-0.25, -0.2) is 0 Å². The molecule has 1 aromatic carbocycles. The van der Waals surface area contributed by atoms with Crippen LogP contribution in [0.25, 0.3) is 0 Å². The molecule has 0 nitrogen and oxygen atoms in total. The van der Waals surface area contributed by atoms with E-state index in [1.807, 2.05) is 18.2 Å². The molecule has 1 aliphatic rings. The van der Waals surface area contributed by atoms with Gasteiger partial charge in [0.05, 0.1) is 10.0 Å². The molecule has 0 aromatic heterocycles. The first-order valence-corrected chi connectivity index (χ1v) is 6.47. The van der Waals surface area contributed by atoms with Gasteiger partial charge in [0.15, 0.2) is 0 Å². The number of alkyl halides is 1. The number of hydrogen-bond donors (Lipinski definition) is 0. The minimum atomic E-state index is 0.246. The molecule has 1 fully saturated rings. The normalized spacial score (nSPS) is 26.6. The molecule has 0 radical (unpaired) electrons. The molecule has 0 heterocycles. The lowest BCUT2D eigenvalue weighted by molar-refractivity contribution is 0.450. The lowest BCUT2D eigenvalue weighted by atomic mass is 9.84. The zero-order valence-electron chi connectivity index (χ0n) is 8.35. The third-order valence-electron chi connectivity index (χ3n) is 3.05. The van der Waals surface area contributed by atoms with Crippen LogP contribution in [-0.4, -0.2) is 5.38 Å². The van der Waals surface area contributed by atoms with Crippen LogP contribution in [0.4, 0.5) is 0 Å². The molecule has 1 aromatic rings. The van der Waals surface area contributed by atoms with Crippen LogP contribution in [0.3, 0.4) is 0 Å². The number of halogens is 3. The van der Waals surface area contributed by atoms with Crippen LogP contribution in [0.2, 0.25) is 10.0 Å². The number of hydrogen-bond acceptors (Lipinski definition) is 0. The summed E-state index contributed by atoms with van der Waals surface area (Å²) in [6.45, 7) is 0.